The third-order valence-electron chi connectivity index (χ3n) is 4.07. The van der Waals surface area contributed by atoms with Crippen molar-refractivity contribution in [3.05, 3.63) is 66.1 Å². The van der Waals surface area contributed by atoms with Gasteiger partial charge in [0.25, 0.3) is 0 Å². The van der Waals surface area contributed by atoms with E-state index in [0.717, 1.165) is 0 Å². The lowest BCUT2D eigenvalue weighted by molar-refractivity contribution is 0.0905. The molecular formula is C16H14FN7O. The lowest BCUT2D eigenvalue weighted by Gasteiger charge is -2.20. The van der Waals surface area contributed by atoms with Gasteiger partial charge in [-0.1, -0.05) is 17.3 Å². The molecule has 126 valence electrons. The van der Waals surface area contributed by atoms with E-state index in [1.54, 1.807) is 37.3 Å². The number of benzene rings is 1. The number of nitrogens with two attached hydrogens (primary N) is 1. The van der Waals surface area contributed by atoms with Crippen molar-refractivity contribution in [1.29, 1.82) is 0 Å². The van der Waals surface area contributed by atoms with Crippen LogP contribution < -0.4 is 5.73 Å². The summed E-state index contributed by atoms with van der Waals surface area (Å²) in [6.45, 7) is 1.56. The number of rotatable bonds is 3. The number of halogens is 1. The first-order valence-electron chi connectivity index (χ1n) is 7.47. The van der Waals surface area contributed by atoms with Crippen molar-refractivity contribution in [2.24, 2.45) is 0 Å². The molecule has 0 fully saturated rings. The molecule has 3 aromatic heterocycles. The molecule has 0 aliphatic rings. The highest BCUT2D eigenvalue weighted by atomic mass is 19.1. The molecule has 3 heterocycles. The van der Waals surface area contributed by atoms with Crippen LogP contribution in [0.15, 0.2) is 48.9 Å². The molecule has 8 nitrogen and oxygen atoms in total. The van der Waals surface area contributed by atoms with Crippen molar-refractivity contribution in [2.45, 2.75) is 12.5 Å². The second kappa shape index (κ2) is 5.35. The summed E-state index contributed by atoms with van der Waals surface area (Å²) in [5.74, 6) is -0.140. The summed E-state index contributed by atoms with van der Waals surface area (Å²) in [4.78, 5) is 3.92. The Balaban J connectivity index is 1.81. The van der Waals surface area contributed by atoms with Crippen LogP contribution in [0.2, 0.25) is 0 Å². The van der Waals surface area contributed by atoms with Gasteiger partial charge >= 0.3 is 0 Å². The summed E-state index contributed by atoms with van der Waals surface area (Å²) in [5, 5.41) is 23.1. The van der Waals surface area contributed by atoms with Gasteiger partial charge in [0, 0.05) is 0 Å². The summed E-state index contributed by atoms with van der Waals surface area (Å²) < 4.78 is 16.7. The van der Waals surface area contributed by atoms with Gasteiger partial charge in [-0.15, -0.1) is 5.10 Å². The van der Waals surface area contributed by atoms with Gasteiger partial charge in [-0.2, -0.15) is 5.10 Å². The normalized spacial score (nSPS) is 13.9. The highest BCUT2D eigenvalue weighted by Crippen LogP contribution is 2.29. The molecule has 1 unspecified atom stereocenters. The standard InChI is InChI=1S/C16H14FN7O/c1-16(25,14-7-6-12-15(18)19-9-20-24(12)14)13-8-23(22-21-13)11-5-3-2-4-10(11)17/h2-9,25H,1H3,(H2,18,19,20). The first-order chi connectivity index (χ1) is 12.0. The Morgan fingerprint density at radius 3 is 2.80 bits per heavy atom. The molecule has 1 atom stereocenters. The zero-order chi connectivity index (χ0) is 17.6. The van der Waals surface area contributed by atoms with Crippen molar-refractivity contribution in [2.75, 3.05) is 5.73 Å². The SMILES string of the molecule is CC(O)(c1cn(-c2ccccc2F)nn1)c1ccc2c(N)ncnn12. The molecule has 4 rings (SSSR count). The molecule has 1 aromatic carbocycles. The van der Waals surface area contributed by atoms with Crippen LogP contribution in [0.3, 0.4) is 0 Å². The van der Waals surface area contributed by atoms with Crippen molar-refractivity contribution < 1.29 is 9.50 Å². The molecule has 4 aromatic rings. The van der Waals surface area contributed by atoms with E-state index in [9.17, 15) is 9.50 Å². The summed E-state index contributed by atoms with van der Waals surface area (Å²) in [6, 6.07) is 9.57. The second-order valence-corrected chi connectivity index (χ2v) is 5.73. The molecular weight excluding hydrogens is 325 g/mol. The van der Waals surface area contributed by atoms with Gasteiger partial charge in [-0.25, -0.2) is 18.6 Å². The van der Waals surface area contributed by atoms with Gasteiger partial charge in [0.15, 0.2) is 5.82 Å². The van der Waals surface area contributed by atoms with Gasteiger partial charge < -0.3 is 10.8 Å². The van der Waals surface area contributed by atoms with E-state index in [-0.39, 0.29) is 11.4 Å². The largest absolute Gasteiger partial charge is 0.382 e. The van der Waals surface area contributed by atoms with E-state index in [4.69, 9.17) is 5.73 Å². The van der Waals surface area contributed by atoms with Crippen molar-refractivity contribution in [3.8, 4) is 5.69 Å². The average molecular weight is 339 g/mol. The summed E-state index contributed by atoms with van der Waals surface area (Å²) in [7, 11) is 0. The van der Waals surface area contributed by atoms with Crippen molar-refractivity contribution in [3.63, 3.8) is 0 Å². The van der Waals surface area contributed by atoms with Crippen LogP contribution in [0.25, 0.3) is 11.2 Å². The van der Waals surface area contributed by atoms with Gasteiger partial charge in [-0.05, 0) is 31.2 Å². The zero-order valence-corrected chi connectivity index (χ0v) is 13.2. The summed E-state index contributed by atoms with van der Waals surface area (Å²) >= 11 is 0. The van der Waals surface area contributed by atoms with E-state index in [0.29, 0.717) is 17.0 Å². The minimum absolute atomic E-state index is 0.239. The van der Waals surface area contributed by atoms with E-state index in [2.05, 4.69) is 20.4 Å². The fraction of sp³-hybridized carbons (Fsp3) is 0.125. The van der Waals surface area contributed by atoms with Gasteiger partial charge in [0.05, 0.1) is 11.9 Å². The van der Waals surface area contributed by atoms with Crippen LogP contribution in [0, 0.1) is 5.82 Å². The Labute approximate surface area is 141 Å². The quantitative estimate of drug-likeness (QED) is 0.582. The lowest BCUT2D eigenvalue weighted by Crippen LogP contribution is -2.26. The number of nitrogens with zero attached hydrogens (tertiary/aromatic N) is 6. The first kappa shape index (κ1) is 15.2. The molecule has 0 aliphatic carbocycles. The number of hydrogen-bond donors (Lipinski definition) is 2. The number of hydrogen-bond acceptors (Lipinski definition) is 6. The Morgan fingerprint density at radius 1 is 1.20 bits per heavy atom. The fourth-order valence-electron chi connectivity index (χ4n) is 2.69. The molecule has 0 amide bonds. The van der Waals surface area contributed by atoms with Gasteiger partial charge in [0.1, 0.15) is 34.6 Å². The van der Waals surface area contributed by atoms with E-state index < -0.39 is 11.4 Å². The number of para-hydroxylation sites is 1. The molecule has 0 bridgehead atoms. The van der Waals surface area contributed by atoms with E-state index in [1.807, 2.05) is 0 Å². The number of anilines is 1. The predicted octanol–water partition coefficient (Wildman–Crippen LogP) is 1.29. The molecule has 0 aliphatic heterocycles. The monoisotopic (exact) mass is 339 g/mol. The first-order valence-corrected chi connectivity index (χ1v) is 7.47. The van der Waals surface area contributed by atoms with Crippen LogP contribution >= 0.6 is 0 Å². The maximum Gasteiger partial charge on any atom is 0.151 e. The Kier molecular flexibility index (Phi) is 3.25. The molecule has 0 saturated carbocycles. The van der Waals surface area contributed by atoms with Crippen LogP contribution in [0.1, 0.15) is 18.3 Å². The average Bonchev–Trinajstić information content (AvgIpc) is 3.23. The summed E-state index contributed by atoms with van der Waals surface area (Å²) in [5.41, 5.74) is 5.80. The highest BCUT2D eigenvalue weighted by Gasteiger charge is 2.33. The van der Waals surface area contributed by atoms with Crippen LogP contribution in [-0.2, 0) is 5.60 Å². The predicted molar refractivity (Wildman–Crippen MR) is 87.4 cm³/mol. The zero-order valence-electron chi connectivity index (χ0n) is 13.2. The van der Waals surface area contributed by atoms with Crippen LogP contribution in [0.5, 0.6) is 0 Å². The van der Waals surface area contributed by atoms with E-state index >= 15 is 0 Å². The smallest absolute Gasteiger partial charge is 0.151 e. The lowest BCUT2D eigenvalue weighted by atomic mass is 9.99. The maximum atomic E-state index is 13.9. The Bertz CT molecular complexity index is 1070. The van der Waals surface area contributed by atoms with Crippen molar-refractivity contribution >= 4 is 11.3 Å². The molecule has 3 N–H and O–H groups in total. The molecule has 0 spiro atoms. The number of aromatic nitrogens is 6. The maximum absolute atomic E-state index is 13.9. The number of nitrogen functional groups attached to an aromatic ring is 1. The molecule has 25 heavy (non-hydrogen) atoms. The van der Waals surface area contributed by atoms with Gasteiger partial charge in [0.2, 0.25) is 0 Å². The van der Waals surface area contributed by atoms with Crippen LogP contribution in [-0.4, -0.2) is 34.7 Å². The highest BCUT2D eigenvalue weighted by molar-refractivity contribution is 5.65. The minimum Gasteiger partial charge on any atom is -0.382 e. The van der Waals surface area contributed by atoms with Crippen molar-refractivity contribution in [1.82, 2.24) is 29.6 Å². The summed E-state index contributed by atoms with van der Waals surface area (Å²) in [6.07, 6.45) is 2.78. The third kappa shape index (κ3) is 2.32. The van der Waals surface area contributed by atoms with Gasteiger partial charge in [-0.3, -0.25) is 0 Å². The van der Waals surface area contributed by atoms with Crippen LogP contribution in [0.4, 0.5) is 10.2 Å². The third-order valence-corrected chi connectivity index (χ3v) is 4.07. The molecule has 0 radical (unpaired) electrons. The molecule has 9 heteroatoms. The molecule has 0 saturated heterocycles. The topological polar surface area (TPSA) is 107 Å². The fourth-order valence-corrected chi connectivity index (χ4v) is 2.69. The Morgan fingerprint density at radius 2 is 2.00 bits per heavy atom. The second-order valence-electron chi connectivity index (χ2n) is 5.73. The Hall–Kier alpha value is -3.33. The number of aliphatic hydroxyl groups is 1. The van der Waals surface area contributed by atoms with E-state index in [1.165, 1.54) is 27.8 Å². The number of fused-ring (bicyclic) bond motifs is 1. The minimum atomic E-state index is -1.52.